The van der Waals surface area contributed by atoms with Crippen LogP contribution in [0.15, 0.2) is 0 Å². The molecule has 0 heterocycles. The lowest BCUT2D eigenvalue weighted by molar-refractivity contribution is -0.948. The molecule has 0 saturated heterocycles. The molecule has 0 atom stereocenters. The first-order valence-corrected chi connectivity index (χ1v) is 19.5. The fourth-order valence-electron chi connectivity index (χ4n) is 6.85. The predicted octanol–water partition coefficient (Wildman–Crippen LogP) is 14.0. The molecule has 0 N–H and O–H groups in total. The van der Waals surface area contributed by atoms with Crippen LogP contribution >= 0.6 is 0 Å². The summed E-state index contributed by atoms with van der Waals surface area (Å²) >= 11 is 0. The molecule has 0 aromatic carbocycles. The minimum atomic E-state index is 0.788. The Morgan fingerprint density at radius 2 is 0.450 bits per heavy atom. The summed E-state index contributed by atoms with van der Waals surface area (Å²) in [7, 11) is 0. The topological polar surface area (TPSA) is 0 Å². The van der Waals surface area contributed by atoms with Crippen LogP contribution in [0.3, 0.4) is 0 Å². The number of unbranched alkanes of at least 4 members (excludes halogenated alkanes) is 27. The van der Waals surface area contributed by atoms with Gasteiger partial charge in [-0.2, -0.15) is 0 Å². The van der Waals surface area contributed by atoms with Crippen LogP contribution in [0.2, 0.25) is 0 Å². The Hall–Kier alpha value is -0.0400. The van der Waals surface area contributed by atoms with Gasteiger partial charge in [-0.15, -0.1) is 0 Å². The zero-order chi connectivity index (χ0) is 29.4. The first-order valence-electron chi connectivity index (χ1n) is 19.5. The summed E-state index contributed by atoms with van der Waals surface area (Å²) in [5, 5.41) is 0. The van der Waals surface area contributed by atoms with Gasteiger partial charge in [0.1, 0.15) is 0 Å². The Kier molecular flexibility index (Phi) is 31.9. The van der Waals surface area contributed by atoms with Gasteiger partial charge in [0, 0.05) is 0 Å². The lowest BCUT2D eigenvalue weighted by Crippen LogP contribution is -2.55. The van der Waals surface area contributed by atoms with E-state index in [0.29, 0.717) is 0 Å². The highest BCUT2D eigenvalue weighted by molar-refractivity contribution is 4.57. The second kappa shape index (κ2) is 31.9. The van der Waals surface area contributed by atoms with Gasteiger partial charge in [-0.1, -0.05) is 175 Å². The van der Waals surface area contributed by atoms with Gasteiger partial charge in [-0.3, -0.25) is 0 Å². The molecule has 0 unspecified atom stereocenters. The maximum Gasteiger partial charge on any atom is 0.0833 e. The molecule has 0 fully saturated rings. The van der Waals surface area contributed by atoms with E-state index in [0.717, 1.165) is 6.04 Å². The van der Waals surface area contributed by atoms with Gasteiger partial charge < -0.3 is 4.48 Å². The quantitative estimate of drug-likeness (QED) is 0.0538. The van der Waals surface area contributed by atoms with Gasteiger partial charge >= 0.3 is 0 Å². The molecule has 0 amide bonds. The summed E-state index contributed by atoms with van der Waals surface area (Å²) in [4.78, 5) is 0. The summed E-state index contributed by atoms with van der Waals surface area (Å²) in [5.41, 5.74) is 0. The molecule has 0 saturated carbocycles. The molecule has 0 aromatic heterocycles. The van der Waals surface area contributed by atoms with Crippen molar-refractivity contribution in [1.82, 2.24) is 0 Å². The molecule has 1 nitrogen and oxygen atoms in total. The van der Waals surface area contributed by atoms with Crippen molar-refractivity contribution >= 4 is 0 Å². The van der Waals surface area contributed by atoms with Crippen molar-refractivity contribution in [2.24, 2.45) is 0 Å². The van der Waals surface area contributed by atoms with E-state index in [2.05, 4.69) is 34.6 Å². The second-order valence-electron chi connectivity index (χ2n) is 14.0. The molecule has 1 heteroatoms. The van der Waals surface area contributed by atoms with Crippen LogP contribution in [0.25, 0.3) is 0 Å². The minimum Gasteiger partial charge on any atom is -0.322 e. The zero-order valence-electron chi connectivity index (χ0n) is 29.4. The van der Waals surface area contributed by atoms with Gasteiger partial charge in [-0.25, -0.2) is 0 Å². The maximum atomic E-state index is 2.54. The zero-order valence-corrected chi connectivity index (χ0v) is 29.4. The average Bonchev–Trinajstić information content (AvgIpc) is 2.95. The van der Waals surface area contributed by atoms with E-state index in [9.17, 15) is 0 Å². The molecule has 0 radical (unpaired) electrons. The van der Waals surface area contributed by atoms with E-state index in [4.69, 9.17) is 0 Å². The standard InChI is InChI=1S/C39H82N/c1-6-9-12-15-18-21-24-27-30-33-36-40(39(4)5,37-34-31-28-25-22-19-16-13-10-7-2)38-35-32-29-26-23-20-17-14-11-8-3/h39H,6-38H2,1-5H3/q+1. The smallest absolute Gasteiger partial charge is 0.0833 e. The van der Waals surface area contributed by atoms with Crippen molar-refractivity contribution in [3.05, 3.63) is 0 Å². The summed E-state index contributed by atoms with van der Waals surface area (Å²) < 4.78 is 1.42. The van der Waals surface area contributed by atoms with Crippen molar-refractivity contribution in [2.45, 2.75) is 233 Å². The van der Waals surface area contributed by atoms with Crippen LogP contribution in [0.5, 0.6) is 0 Å². The van der Waals surface area contributed by atoms with E-state index in [1.54, 1.807) is 0 Å². The molecule has 0 rings (SSSR count). The van der Waals surface area contributed by atoms with Crippen LogP contribution in [-0.4, -0.2) is 30.2 Å². The van der Waals surface area contributed by atoms with Crippen LogP contribution in [-0.2, 0) is 0 Å². The molecule has 0 aliphatic rings. The van der Waals surface area contributed by atoms with E-state index in [1.807, 2.05) is 0 Å². The molecule has 0 spiro atoms. The molecular weight excluding hydrogens is 482 g/mol. The highest BCUT2D eigenvalue weighted by Crippen LogP contribution is 2.22. The monoisotopic (exact) mass is 565 g/mol. The molecule has 0 aliphatic heterocycles. The maximum absolute atomic E-state index is 2.54. The second-order valence-corrected chi connectivity index (χ2v) is 14.0. The van der Waals surface area contributed by atoms with Gasteiger partial charge in [0.05, 0.1) is 25.7 Å². The number of hydrogen-bond donors (Lipinski definition) is 0. The summed E-state index contributed by atoms with van der Waals surface area (Å²) in [6.07, 6.45) is 43.7. The third kappa shape index (κ3) is 25.7. The number of hydrogen-bond acceptors (Lipinski definition) is 0. The van der Waals surface area contributed by atoms with Gasteiger partial charge in [0.2, 0.25) is 0 Å². The van der Waals surface area contributed by atoms with Crippen molar-refractivity contribution in [3.8, 4) is 0 Å². The highest BCUT2D eigenvalue weighted by atomic mass is 15.4. The van der Waals surface area contributed by atoms with Crippen LogP contribution < -0.4 is 0 Å². The van der Waals surface area contributed by atoms with Crippen LogP contribution in [0.4, 0.5) is 0 Å². The first-order chi connectivity index (χ1) is 19.6. The van der Waals surface area contributed by atoms with Crippen molar-refractivity contribution in [1.29, 1.82) is 0 Å². The average molecular weight is 565 g/mol. The molecule has 0 aromatic rings. The Morgan fingerprint density at radius 3 is 0.625 bits per heavy atom. The third-order valence-electron chi connectivity index (χ3n) is 9.97. The summed E-state index contributed by atoms with van der Waals surface area (Å²) in [5.74, 6) is 0. The molecule has 40 heavy (non-hydrogen) atoms. The van der Waals surface area contributed by atoms with E-state index < -0.39 is 0 Å². The third-order valence-corrected chi connectivity index (χ3v) is 9.97. The van der Waals surface area contributed by atoms with Crippen molar-refractivity contribution in [3.63, 3.8) is 0 Å². The fourth-order valence-corrected chi connectivity index (χ4v) is 6.85. The van der Waals surface area contributed by atoms with Crippen LogP contribution in [0, 0.1) is 0 Å². The lowest BCUT2D eigenvalue weighted by Gasteiger charge is -2.43. The van der Waals surface area contributed by atoms with E-state index in [-0.39, 0.29) is 0 Å². The SMILES string of the molecule is CCCCCCCCCCCC[N+](CCCCCCCCCCCC)(CCCCCCCCCCCC)C(C)C. The van der Waals surface area contributed by atoms with Crippen LogP contribution in [0.1, 0.15) is 227 Å². The molecule has 0 bridgehead atoms. The Morgan fingerprint density at radius 1 is 0.275 bits per heavy atom. The Labute approximate surface area is 257 Å². The molecular formula is C39H82N+. The largest absolute Gasteiger partial charge is 0.322 e. The highest BCUT2D eigenvalue weighted by Gasteiger charge is 2.29. The normalized spacial score (nSPS) is 12.2. The number of nitrogens with zero attached hydrogens (tertiary/aromatic N) is 1. The first kappa shape index (κ1) is 40.0. The van der Waals surface area contributed by atoms with Crippen molar-refractivity contribution < 1.29 is 4.48 Å². The Balaban J connectivity index is 4.38. The summed E-state index contributed by atoms with van der Waals surface area (Å²) in [6, 6.07) is 0.788. The van der Waals surface area contributed by atoms with Gasteiger partial charge in [0.25, 0.3) is 0 Å². The van der Waals surface area contributed by atoms with Crippen molar-refractivity contribution in [2.75, 3.05) is 19.6 Å². The number of rotatable bonds is 34. The predicted molar refractivity (Wildman–Crippen MR) is 186 cm³/mol. The Bertz CT molecular complexity index is 396. The van der Waals surface area contributed by atoms with Gasteiger partial charge in [-0.05, 0) is 52.4 Å². The molecule has 242 valence electrons. The minimum absolute atomic E-state index is 0.788. The van der Waals surface area contributed by atoms with E-state index in [1.165, 1.54) is 217 Å². The summed E-state index contributed by atoms with van der Waals surface area (Å²) in [6.45, 7) is 16.4. The van der Waals surface area contributed by atoms with E-state index >= 15 is 0 Å². The number of quaternary nitrogens is 1. The molecule has 0 aliphatic carbocycles. The van der Waals surface area contributed by atoms with Gasteiger partial charge in [0.15, 0.2) is 0 Å². The lowest BCUT2D eigenvalue weighted by atomic mass is 10.0. The fraction of sp³-hybridized carbons (Fsp3) is 1.00.